The van der Waals surface area contributed by atoms with Crippen LogP contribution in [0.2, 0.25) is 0 Å². The zero-order valence-electron chi connectivity index (χ0n) is 15.7. The zero-order chi connectivity index (χ0) is 20.6. The number of aromatic nitrogens is 1. The van der Waals surface area contributed by atoms with Crippen LogP contribution in [0.15, 0.2) is 18.2 Å². The van der Waals surface area contributed by atoms with Gasteiger partial charge in [-0.2, -0.15) is 13.2 Å². The molecule has 0 saturated heterocycles. The van der Waals surface area contributed by atoms with Crippen molar-refractivity contribution >= 4 is 22.4 Å². The SMILES string of the molecule is CC(=O)Nc1nc(-c2cc(F)cc(C(F)(F)F)c2)c(CN(C)C(C)(C)C)s1. The maximum absolute atomic E-state index is 13.8. The Morgan fingerprint density at radius 3 is 2.37 bits per heavy atom. The van der Waals surface area contributed by atoms with Gasteiger partial charge in [0.15, 0.2) is 5.13 Å². The summed E-state index contributed by atoms with van der Waals surface area (Å²) in [6, 6.07) is 2.34. The number of halogens is 4. The van der Waals surface area contributed by atoms with Gasteiger partial charge in [-0.3, -0.25) is 9.69 Å². The van der Waals surface area contributed by atoms with Crippen LogP contribution in [0.25, 0.3) is 11.3 Å². The van der Waals surface area contributed by atoms with Gasteiger partial charge in [0.1, 0.15) is 5.82 Å². The predicted octanol–water partition coefficient (Wildman–Crippen LogP) is 5.16. The number of benzene rings is 1. The lowest BCUT2D eigenvalue weighted by Gasteiger charge is -2.31. The summed E-state index contributed by atoms with van der Waals surface area (Å²) in [7, 11) is 1.87. The molecule has 27 heavy (non-hydrogen) atoms. The normalized spacial score (nSPS) is 12.5. The summed E-state index contributed by atoms with van der Waals surface area (Å²) in [6.07, 6.45) is -4.67. The number of hydrogen-bond donors (Lipinski definition) is 1. The molecule has 1 N–H and O–H groups in total. The van der Waals surface area contributed by atoms with Gasteiger partial charge in [0.05, 0.1) is 11.3 Å². The number of thiazole rings is 1. The van der Waals surface area contributed by atoms with Crippen LogP contribution in [-0.4, -0.2) is 28.4 Å². The number of anilines is 1. The Bertz CT molecular complexity index is 840. The fraction of sp³-hybridized carbons (Fsp3) is 0.444. The van der Waals surface area contributed by atoms with Crippen molar-refractivity contribution < 1.29 is 22.4 Å². The maximum atomic E-state index is 13.8. The first-order valence-electron chi connectivity index (χ1n) is 8.14. The molecular weight excluding hydrogens is 382 g/mol. The maximum Gasteiger partial charge on any atom is 0.416 e. The first kappa shape index (κ1) is 21.3. The number of hydrogen-bond acceptors (Lipinski definition) is 4. The van der Waals surface area contributed by atoms with E-state index in [-0.39, 0.29) is 27.8 Å². The average molecular weight is 403 g/mol. The van der Waals surface area contributed by atoms with Crippen molar-refractivity contribution in [2.24, 2.45) is 0 Å². The van der Waals surface area contributed by atoms with Gasteiger partial charge >= 0.3 is 6.18 Å². The van der Waals surface area contributed by atoms with E-state index in [2.05, 4.69) is 10.3 Å². The Balaban J connectivity index is 2.56. The molecule has 2 rings (SSSR count). The van der Waals surface area contributed by atoms with E-state index in [1.54, 1.807) is 0 Å². The van der Waals surface area contributed by atoms with E-state index in [0.29, 0.717) is 17.5 Å². The summed E-state index contributed by atoms with van der Waals surface area (Å²) in [5.74, 6) is -1.34. The van der Waals surface area contributed by atoms with Gasteiger partial charge < -0.3 is 5.32 Å². The van der Waals surface area contributed by atoms with Gasteiger partial charge in [-0.15, -0.1) is 0 Å². The molecule has 0 fully saturated rings. The summed E-state index contributed by atoms with van der Waals surface area (Å²) >= 11 is 1.16. The number of carbonyl (C=O) groups is 1. The van der Waals surface area contributed by atoms with Crippen LogP contribution in [0, 0.1) is 5.82 Å². The van der Waals surface area contributed by atoms with Gasteiger partial charge in [0.2, 0.25) is 5.91 Å². The lowest BCUT2D eigenvalue weighted by atomic mass is 10.0. The van der Waals surface area contributed by atoms with Crippen molar-refractivity contribution in [1.29, 1.82) is 0 Å². The third-order valence-electron chi connectivity index (χ3n) is 4.00. The second-order valence-electron chi connectivity index (χ2n) is 7.23. The monoisotopic (exact) mass is 403 g/mol. The zero-order valence-corrected chi connectivity index (χ0v) is 16.5. The molecule has 1 aromatic carbocycles. The quantitative estimate of drug-likeness (QED) is 0.718. The second kappa shape index (κ2) is 7.55. The summed E-state index contributed by atoms with van der Waals surface area (Å²) in [5, 5.41) is 2.80. The highest BCUT2D eigenvalue weighted by atomic mass is 32.1. The molecule has 2 aromatic rings. The summed E-state index contributed by atoms with van der Waals surface area (Å²) in [4.78, 5) is 18.2. The van der Waals surface area contributed by atoms with Crippen LogP contribution in [0.1, 0.15) is 38.1 Å². The first-order valence-corrected chi connectivity index (χ1v) is 8.95. The minimum Gasteiger partial charge on any atom is -0.302 e. The van der Waals surface area contributed by atoms with Crippen LogP contribution < -0.4 is 5.32 Å². The smallest absolute Gasteiger partial charge is 0.302 e. The lowest BCUT2D eigenvalue weighted by Crippen LogP contribution is -2.37. The molecule has 4 nitrogen and oxygen atoms in total. The van der Waals surface area contributed by atoms with Crippen LogP contribution >= 0.6 is 11.3 Å². The van der Waals surface area contributed by atoms with Gasteiger partial charge in [-0.25, -0.2) is 9.37 Å². The van der Waals surface area contributed by atoms with Crippen molar-refractivity contribution in [1.82, 2.24) is 9.88 Å². The molecule has 1 heterocycles. The first-order chi connectivity index (χ1) is 12.3. The molecule has 1 aromatic heterocycles. The molecule has 1 amide bonds. The van der Waals surface area contributed by atoms with E-state index >= 15 is 0 Å². The van der Waals surface area contributed by atoms with Gasteiger partial charge in [0, 0.05) is 29.4 Å². The minimum atomic E-state index is -4.67. The number of nitrogens with zero attached hydrogens (tertiary/aromatic N) is 2. The lowest BCUT2D eigenvalue weighted by molar-refractivity contribution is -0.137. The Kier molecular flexibility index (Phi) is 5.96. The van der Waals surface area contributed by atoms with E-state index in [0.717, 1.165) is 23.5 Å². The Hall–Kier alpha value is -2.00. The molecule has 0 radical (unpaired) electrons. The molecule has 0 unspecified atom stereocenters. The number of rotatable bonds is 4. The van der Waals surface area contributed by atoms with E-state index in [4.69, 9.17) is 0 Å². The Labute approximate surface area is 159 Å². The molecule has 0 saturated carbocycles. The van der Waals surface area contributed by atoms with E-state index in [1.165, 1.54) is 6.92 Å². The fourth-order valence-electron chi connectivity index (χ4n) is 2.23. The Morgan fingerprint density at radius 1 is 1.22 bits per heavy atom. The molecule has 0 atom stereocenters. The van der Waals surface area contributed by atoms with Crippen LogP contribution in [0.4, 0.5) is 22.7 Å². The molecule has 148 valence electrons. The highest BCUT2D eigenvalue weighted by Gasteiger charge is 2.32. The molecule has 0 bridgehead atoms. The second-order valence-corrected chi connectivity index (χ2v) is 8.31. The largest absolute Gasteiger partial charge is 0.416 e. The summed E-state index contributed by atoms with van der Waals surface area (Å²) in [5.41, 5.74) is -1.03. The summed E-state index contributed by atoms with van der Waals surface area (Å²) < 4.78 is 53.0. The van der Waals surface area contributed by atoms with Crippen LogP contribution in [0.3, 0.4) is 0 Å². The van der Waals surface area contributed by atoms with E-state index in [9.17, 15) is 22.4 Å². The minimum absolute atomic E-state index is 0.0208. The van der Waals surface area contributed by atoms with Crippen molar-refractivity contribution in [3.63, 3.8) is 0 Å². The molecule has 0 aliphatic carbocycles. The Morgan fingerprint density at radius 2 is 1.85 bits per heavy atom. The van der Waals surface area contributed by atoms with E-state index < -0.39 is 17.6 Å². The van der Waals surface area contributed by atoms with Crippen LogP contribution in [-0.2, 0) is 17.5 Å². The molecule has 0 spiro atoms. The predicted molar refractivity (Wildman–Crippen MR) is 98.0 cm³/mol. The van der Waals surface area contributed by atoms with Gasteiger partial charge in [-0.1, -0.05) is 11.3 Å². The standard InChI is InChI=1S/C18H21F4N3OS/c1-10(26)23-16-24-15(14(27-16)9-25(5)17(2,3)4)11-6-12(18(20,21)22)8-13(19)7-11/h6-8H,9H2,1-5H3,(H,23,24,26). The summed E-state index contributed by atoms with van der Waals surface area (Å²) in [6.45, 7) is 7.67. The topological polar surface area (TPSA) is 45.2 Å². The molecule has 0 aliphatic rings. The third-order valence-corrected chi connectivity index (χ3v) is 4.96. The fourth-order valence-corrected chi connectivity index (χ4v) is 3.31. The van der Waals surface area contributed by atoms with Crippen molar-refractivity contribution in [3.05, 3.63) is 34.5 Å². The third kappa shape index (κ3) is 5.49. The van der Waals surface area contributed by atoms with Gasteiger partial charge in [-0.05, 0) is 46.0 Å². The molecular formula is C18H21F4N3OS. The van der Waals surface area contributed by atoms with Gasteiger partial charge in [0.25, 0.3) is 0 Å². The van der Waals surface area contributed by atoms with Crippen molar-refractivity contribution in [2.45, 2.75) is 46.0 Å². The highest BCUT2D eigenvalue weighted by molar-refractivity contribution is 7.16. The number of amides is 1. The molecule has 9 heteroatoms. The van der Waals surface area contributed by atoms with Crippen molar-refractivity contribution in [3.8, 4) is 11.3 Å². The number of nitrogens with one attached hydrogen (secondary N) is 1. The molecule has 0 aliphatic heterocycles. The highest BCUT2D eigenvalue weighted by Crippen LogP contribution is 2.37. The average Bonchev–Trinajstić information content (AvgIpc) is 2.86. The van der Waals surface area contributed by atoms with Crippen LogP contribution in [0.5, 0.6) is 0 Å². The van der Waals surface area contributed by atoms with E-state index in [1.807, 2.05) is 32.7 Å². The number of alkyl halides is 3. The number of carbonyl (C=O) groups excluding carboxylic acids is 1. The van der Waals surface area contributed by atoms with Crippen molar-refractivity contribution in [2.75, 3.05) is 12.4 Å².